The van der Waals surface area contributed by atoms with Crippen LogP contribution in [0.3, 0.4) is 0 Å². The molecule has 3 aliphatic rings. The van der Waals surface area contributed by atoms with Crippen LogP contribution in [-0.4, -0.2) is 73.0 Å². The molecule has 1 aromatic heterocycles. The maximum Gasteiger partial charge on any atom is 0.225 e. The summed E-state index contributed by atoms with van der Waals surface area (Å²) in [7, 11) is 0. The summed E-state index contributed by atoms with van der Waals surface area (Å²) in [5.74, 6) is 1.61. The molecule has 0 radical (unpaired) electrons. The maximum absolute atomic E-state index is 6.01. The smallest absolute Gasteiger partial charge is 0.225 e. The molecule has 6 nitrogen and oxygen atoms in total. The summed E-state index contributed by atoms with van der Waals surface area (Å²) in [5.41, 5.74) is 0. The maximum atomic E-state index is 6.01. The van der Waals surface area contributed by atoms with Crippen LogP contribution in [0.4, 0.5) is 5.95 Å². The standard InChI is InChI=1S/C16H24N4O2/c1-4-17-16(18-5-1)20-6-9-22-15-12-19(11-14(15)20)10-13-2-7-21-8-3-13/h1,4-5,13-15H,2-3,6-12H2/t14-,15+/m1/s1. The van der Waals surface area contributed by atoms with Crippen LogP contribution >= 0.6 is 0 Å². The van der Waals surface area contributed by atoms with E-state index in [1.807, 2.05) is 18.5 Å². The summed E-state index contributed by atoms with van der Waals surface area (Å²) in [6, 6.07) is 2.25. The van der Waals surface area contributed by atoms with Gasteiger partial charge >= 0.3 is 0 Å². The zero-order valence-electron chi connectivity index (χ0n) is 12.9. The zero-order chi connectivity index (χ0) is 14.8. The van der Waals surface area contributed by atoms with E-state index in [-0.39, 0.29) is 6.10 Å². The van der Waals surface area contributed by atoms with Gasteiger partial charge in [0.15, 0.2) is 0 Å². The van der Waals surface area contributed by atoms with Crippen molar-refractivity contribution < 1.29 is 9.47 Å². The van der Waals surface area contributed by atoms with Crippen LogP contribution in [0.15, 0.2) is 18.5 Å². The fraction of sp³-hybridized carbons (Fsp3) is 0.750. The van der Waals surface area contributed by atoms with Gasteiger partial charge in [0.2, 0.25) is 5.95 Å². The lowest BCUT2D eigenvalue weighted by molar-refractivity contribution is 0.0266. The Morgan fingerprint density at radius 2 is 1.91 bits per heavy atom. The fourth-order valence-corrected chi connectivity index (χ4v) is 3.90. The van der Waals surface area contributed by atoms with E-state index in [1.54, 1.807) is 0 Å². The first kappa shape index (κ1) is 14.4. The van der Waals surface area contributed by atoms with Gasteiger partial charge in [-0.1, -0.05) is 0 Å². The third kappa shape index (κ3) is 2.95. The topological polar surface area (TPSA) is 50.7 Å². The van der Waals surface area contributed by atoms with Crippen molar-refractivity contribution in [3.05, 3.63) is 18.5 Å². The van der Waals surface area contributed by atoms with Crippen molar-refractivity contribution in [1.82, 2.24) is 14.9 Å². The van der Waals surface area contributed by atoms with E-state index in [1.165, 1.54) is 19.4 Å². The highest BCUT2D eigenvalue weighted by molar-refractivity contribution is 5.33. The Hall–Kier alpha value is -1.24. The van der Waals surface area contributed by atoms with Gasteiger partial charge in [-0.2, -0.15) is 0 Å². The highest BCUT2D eigenvalue weighted by Gasteiger charge is 2.41. The minimum atomic E-state index is 0.289. The molecular weight excluding hydrogens is 280 g/mol. The Labute approximate surface area is 131 Å². The summed E-state index contributed by atoms with van der Waals surface area (Å²) in [6.07, 6.45) is 6.32. The molecule has 0 amide bonds. The third-order valence-electron chi connectivity index (χ3n) is 5.04. The van der Waals surface area contributed by atoms with Gasteiger partial charge in [0.1, 0.15) is 0 Å². The fourth-order valence-electron chi connectivity index (χ4n) is 3.90. The molecule has 4 heterocycles. The Kier molecular flexibility index (Phi) is 4.23. The van der Waals surface area contributed by atoms with Gasteiger partial charge in [0, 0.05) is 51.8 Å². The van der Waals surface area contributed by atoms with E-state index in [9.17, 15) is 0 Å². The van der Waals surface area contributed by atoms with Crippen molar-refractivity contribution in [1.29, 1.82) is 0 Å². The summed E-state index contributed by atoms with van der Waals surface area (Å²) >= 11 is 0. The number of hydrogen-bond donors (Lipinski definition) is 0. The Balaban J connectivity index is 1.42. The predicted molar refractivity (Wildman–Crippen MR) is 82.9 cm³/mol. The van der Waals surface area contributed by atoms with Crippen LogP contribution in [0.25, 0.3) is 0 Å². The molecule has 0 spiro atoms. The monoisotopic (exact) mass is 304 g/mol. The van der Waals surface area contributed by atoms with Gasteiger partial charge < -0.3 is 14.4 Å². The van der Waals surface area contributed by atoms with Crippen LogP contribution in [-0.2, 0) is 9.47 Å². The summed E-state index contributed by atoms with van der Waals surface area (Å²) in [6.45, 7) is 6.76. The second-order valence-corrected chi connectivity index (χ2v) is 6.49. The molecule has 2 atom stereocenters. The van der Waals surface area contributed by atoms with E-state index in [0.717, 1.165) is 51.3 Å². The minimum Gasteiger partial charge on any atom is -0.381 e. The van der Waals surface area contributed by atoms with Gasteiger partial charge in [-0.3, -0.25) is 4.90 Å². The molecule has 3 aliphatic heterocycles. The van der Waals surface area contributed by atoms with E-state index in [4.69, 9.17) is 9.47 Å². The van der Waals surface area contributed by atoms with Crippen molar-refractivity contribution in [2.45, 2.75) is 25.0 Å². The summed E-state index contributed by atoms with van der Waals surface area (Å²) in [4.78, 5) is 13.7. The van der Waals surface area contributed by atoms with Gasteiger partial charge in [0.05, 0.1) is 18.8 Å². The van der Waals surface area contributed by atoms with Crippen molar-refractivity contribution in [3.63, 3.8) is 0 Å². The summed E-state index contributed by atoms with van der Waals surface area (Å²) < 4.78 is 11.5. The molecule has 0 aromatic carbocycles. The quantitative estimate of drug-likeness (QED) is 0.823. The molecule has 0 saturated carbocycles. The molecule has 1 aromatic rings. The van der Waals surface area contributed by atoms with Crippen LogP contribution in [0.2, 0.25) is 0 Å². The number of anilines is 1. The Morgan fingerprint density at radius 3 is 2.73 bits per heavy atom. The molecule has 0 bridgehead atoms. The molecule has 3 fully saturated rings. The lowest BCUT2D eigenvalue weighted by Gasteiger charge is -2.36. The number of ether oxygens (including phenoxy) is 2. The number of nitrogens with zero attached hydrogens (tertiary/aromatic N) is 4. The van der Waals surface area contributed by atoms with Crippen molar-refractivity contribution >= 4 is 5.95 Å². The number of hydrogen-bond acceptors (Lipinski definition) is 6. The molecule has 0 unspecified atom stereocenters. The lowest BCUT2D eigenvalue weighted by Crippen LogP contribution is -2.51. The normalized spacial score (nSPS) is 30.5. The van der Waals surface area contributed by atoms with Crippen LogP contribution in [0, 0.1) is 5.92 Å². The average molecular weight is 304 g/mol. The molecule has 0 N–H and O–H groups in total. The second kappa shape index (κ2) is 6.48. The van der Waals surface area contributed by atoms with E-state index in [2.05, 4.69) is 19.8 Å². The van der Waals surface area contributed by atoms with Crippen LogP contribution < -0.4 is 4.90 Å². The van der Waals surface area contributed by atoms with E-state index in [0.29, 0.717) is 6.04 Å². The predicted octanol–water partition coefficient (Wildman–Crippen LogP) is 0.793. The van der Waals surface area contributed by atoms with E-state index < -0.39 is 0 Å². The molecule has 120 valence electrons. The molecule has 4 rings (SSSR count). The third-order valence-corrected chi connectivity index (χ3v) is 5.04. The Morgan fingerprint density at radius 1 is 1.09 bits per heavy atom. The number of likely N-dealkylation sites (tertiary alicyclic amines) is 1. The van der Waals surface area contributed by atoms with Crippen molar-refractivity contribution in [3.8, 4) is 0 Å². The van der Waals surface area contributed by atoms with Gasteiger partial charge in [-0.25, -0.2) is 9.97 Å². The lowest BCUT2D eigenvalue weighted by atomic mass is 10.00. The molecule has 0 aliphatic carbocycles. The van der Waals surface area contributed by atoms with Crippen LogP contribution in [0.1, 0.15) is 12.8 Å². The number of morpholine rings is 1. The molecule has 22 heavy (non-hydrogen) atoms. The Bertz CT molecular complexity index is 480. The first-order chi connectivity index (χ1) is 10.9. The van der Waals surface area contributed by atoms with E-state index >= 15 is 0 Å². The summed E-state index contributed by atoms with van der Waals surface area (Å²) in [5, 5.41) is 0. The molecular formula is C16H24N4O2. The minimum absolute atomic E-state index is 0.289. The average Bonchev–Trinajstić information content (AvgIpc) is 2.99. The van der Waals surface area contributed by atoms with Gasteiger partial charge in [0.25, 0.3) is 0 Å². The highest BCUT2D eigenvalue weighted by atomic mass is 16.5. The van der Waals surface area contributed by atoms with Crippen molar-refractivity contribution in [2.75, 3.05) is 50.9 Å². The first-order valence-electron chi connectivity index (χ1n) is 8.35. The van der Waals surface area contributed by atoms with Crippen LogP contribution in [0.5, 0.6) is 0 Å². The number of rotatable bonds is 3. The number of fused-ring (bicyclic) bond motifs is 1. The molecule has 3 saturated heterocycles. The second-order valence-electron chi connectivity index (χ2n) is 6.49. The van der Waals surface area contributed by atoms with Crippen molar-refractivity contribution in [2.24, 2.45) is 5.92 Å². The SMILES string of the molecule is c1cnc(N2CCO[C@H]3CN(CC4CCOCC4)C[C@H]32)nc1. The first-order valence-corrected chi connectivity index (χ1v) is 8.35. The molecule has 6 heteroatoms. The van der Waals surface area contributed by atoms with Gasteiger partial charge in [-0.15, -0.1) is 0 Å². The number of aromatic nitrogens is 2. The zero-order valence-corrected chi connectivity index (χ0v) is 12.9. The van der Waals surface area contributed by atoms with Gasteiger partial charge in [-0.05, 0) is 24.8 Å². The highest BCUT2D eigenvalue weighted by Crippen LogP contribution is 2.27. The largest absolute Gasteiger partial charge is 0.381 e.